The van der Waals surface area contributed by atoms with Gasteiger partial charge >= 0.3 is 0 Å². The zero-order valence-electron chi connectivity index (χ0n) is 9.35. The molecule has 92 valence electrons. The zero-order chi connectivity index (χ0) is 12.0. The Hall–Kier alpha value is -1.17. The highest BCUT2D eigenvalue weighted by Gasteiger charge is 2.32. The smallest absolute Gasteiger partial charge is 0.251 e. The second kappa shape index (κ2) is 3.66. The number of aromatic nitrogens is 2. The van der Waals surface area contributed by atoms with Crippen LogP contribution in [-0.4, -0.2) is 29.9 Å². The summed E-state index contributed by atoms with van der Waals surface area (Å²) in [7, 11) is -2.94. The lowest BCUT2D eigenvalue weighted by atomic mass is 10.1. The zero-order valence-corrected chi connectivity index (χ0v) is 10.2. The summed E-state index contributed by atoms with van der Waals surface area (Å²) >= 11 is 0. The highest BCUT2D eigenvalue weighted by atomic mass is 32.2. The van der Waals surface area contributed by atoms with Crippen molar-refractivity contribution >= 4 is 9.84 Å². The molecular weight excluding hydrogens is 240 g/mol. The van der Waals surface area contributed by atoms with Gasteiger partial charge in [0.25, 0.3) is 5.56 Å². The van der Waals surface area contributed by atoms with Gasteiger partial charge < -0.3 is 4.98 Å². The van der Waals surface area contributed by atoms with Gasteiger partial charge in [0.2, 0.25) is 0 Å². The number of nitrogens with zero attached hydrogens (tertiary/aromatic N) is 1. The second-order valence-corrected chi connectivity index (χ2v) is 7.16. The van der Waals surface area contributed by atoms with E-state index in [1.807, 2.05) is 0 Å². The number of hydrogen-bond acceptors (Lipinski definition) is 4. The lowest BCUT2D eigenvalue weighted by Gasteiger charge is -2.08. The monoisotopic (exact) mass is 254 g/mol. The van der Waals surface area contributed by atoms with Crippen molar-refractivity contribution in [3.63, 3.8) is 0 Å². The van der Waals surface area contributed by atoms with Crippen molar-refractivity contribution < 1.29 is 8.42 Å². The molecule has 2 aliphatic rings. The van der Waals surface area contributed by atoms with Crippen molar-refractivity contribution in [3.8, 4) is 0 Å². The van der Waals surface area contributed by atoms with E-state index in [-0.39, 0.29) is 23.0 Å². The maximum Gasteiger partial charge on any atom is 0.251 e. The summed E-state index contributed by atoms with van der Waals surface area (Å²) in [5.74, 6) is 1.15. The van der Waals surface area contributed by atoms with Crippen LogP contribution in [0.15, 0.2) is 10.9 Å². The van der Waals surface area contributed by atoms with E-state index in [0.717, 1.165) is 18.5 Å². The van der Waals surface area contributed by atoms with E-state index >= 15 is 0 Å². The molecule has 1 aromatic rings. The van der Waals surface area contributed by atoms with Crippen LogP contribution in [0.3, 0.4) is 0 Å². The number of nitrogens with one attached hydrogen (secondary N) is 1. The van der Waals surface area contributed by atoms with E-state index in [1.165, 1.54) is 6.07 Å². The Balaban J connectivity index is 1.95. The molecule has 0 amide bonds. The van der Waals surface area contributed by atoms with E-state index < -0.39 is 9.84 Å². The predicted octanol–water partition coefficient (Wildman–Crippen LogP) is 0.549. The molecule has 17 heavy (non-hydrogen) atoms. The van der Waals surface area contributed by atoms with Crippen LogP contribution in [0.5, 0.6) is 0 Å². The summed E-state index contributed by atoms with van der Waals surface area (Å²) in [6.45, 7) is 0. The fraction of sp³-hybridized carbons (Fsp3) is 0.636. The Labute approximate surface area is 99.2 Å². The molecule has 1 atom stereocenters. The maximum absolute atomic E-state index is 11.5. The normalized spacial score (nSPS) is 27.2. The third-order valence-electron chi connectivity index (χ3n) is 3.39. The Morgan fingerprint density at radius 3 is 2.59 bits per heavy atom. The highest BCUT2D eigenvalue weighted by Crippen LogP contribution is 2.39. The van der Waals surface area contributed by atoms with Gasteiger partial charge in [-0.15, -0.1) is 0 Å². The molecule has 0 aromatic carbocycles. The number of sulfone groups is 1. The molecule has 1 aliphatic heterocycles. The van der Waals surface area contributed by atoms with Crippen molar-refractivity contribution in [2.75, 3.05) is 11.5 Å². The largest absolute Gasteiger partial charge is 0.310 e. The molecule has 1 aliphatic carbocycles. The standard InChI is InChI=1S/C11H14N2O3S/c14-10-5-9(7-1-2-7)12-11(13-10)8-3-4-17(15,16)6-8/h5,7-8H,1-4,6H2,(H,12,13,14). The molecule has 0 spiro atoms. The molecule has 1 saturated heterocycles. The second-order valence-electron chi connectivity index (χ2n) is 4.93. The Morgan fingerprint density at radius 1 is 1.24 bits per heavy atom. The SMILES string of the molecule is O=c1cc(C2CC2)nc(C2CCS(=O)(=O)C2)[nH]1. The molecule has 3 rings (SSSR count). The topological polar surface area (TPSA) is 79.9 Å². The van der Waals surface area contributed by atoms with Gasteiger partial charge in [-0.25, -0.2) is 13.4 Å². The van der Waals surface area contributed by atoms with Gasteiger partial charge in [-0.2, -0.15) is 0 Å². The number of hydrogen-bond donors (Lipinski definition) is 1. The Morgan fingerprint density at radius 2 is 2.00 bits per heavy atom. The Kier molecular flexibility index (Phi) is 2.36. The first-order valence-electron chi connectivity index (χ1n) is 5.85. The molecule has 1 unspecified atom stereocenters. The van der Waals surface area contributed by atoms with Crippen LogP contribution in [0.2, 0.25) is 0 Å². The third kappa shape index (κ3) is 2.26. The summed E-state index contributed by atoms with van der Waals surface area (Å²) in [5.41, 5.74) is 0.661. The highest BCUT2D eigenvalue weighted by molar-refractivity contribution is 7.91. The number of aromatic amines is 1. The molecule has 1 N–H and O–H groups in total. The molecule has 2 fully saturated rings. The average molecular weight is 254 g/mol. The Bertz CT molecular complexity index is 601. The number of H-pyrrole nitrogens is 1. The summed E-state index contributed by atoms with van der Waals surface area (Å²) in [4.78, 5) is 18.6. The fourth-order valence-electron chi connectivity index (χ4n) is 2.29. The predicted molar refractivity (Wildman–Crippen MR) is 62.8 cm³/mol. The van der Waals surface area contributed by atoms with E-state index in [9.17, 15) is 13.2 Å². The molecule has 0 bridgehead atoms. The maximum atomic E-state index is 11.5. The van der Waals surface area contributed by atoms with Gasteiger partial charge in [0.1, 0.15) is 5.82 Å². The first-order valence-corrected chi connectivity index (χ1v) is 7.67. The quantitative estimate of drug-likeness (QED) is 0.835. The van der Waals surface area contributed by atoms with Crippen LogP contribution in [-0.2, 0) is 9.84 Å². The van der Waals surface area contributed by atoms with Crippen LogP contribution in [0.25, 0.3) is 0 Å². The van der Waals surface area contributed by atoms with Crippen molar-refractivity contribution in [1.82, 2.24) is 9.97 Å². The van der Waals surface area contributed by atoms with Gasteiger partial charge in [-0.3, -0.25) is 4.79 Å². The van der Waals surface area contributed by atoms with Crippen LogP contribution in [0.4, 0.5) is 0 Å². The molecule has 1 saturated carbocycles. The minimum Gasteiger partial charge on any atom is -0.310 e. The summed E-state index contributed by atoms with van der Waals surface area (Å²) in [6.07, 6.45) is 2.73. The number of rotatable bonds is 2. The van der Waals surface area contributed by atoms with Crippen molar-refractivity contribution in [3.05, 3.63) is 27.9 Å². The minimum absolute atomic E-state index is 0.115. The van der Waals surface area contributed by atoms with Crippen molar-refractivity contribution in [2.24, 2.45) is 0 Å². The molecule has 6 heteroatoms. The summed E-state index contributed by atoms with van der Waals surface area (Å²) < 4.78 is 22.8. The van der Waals surface area contributed by atoms with Crippen LogP contribution >= 0.6 is 0 Å². The lowest BCUT2D eigenvalue weighted by molar-refractivity contribution is 0.601. The van der Waals surface area contributed by atoms with E-state index in [4.69, 9.17) is 0 Å². The van der Waals surface area contributed by atoms with Crippen LogP contribution in [0.1, 0.15) is 42.6 Å². The van der Waals surface area contributed by atoms with Gasteiger partial charge in [-0.1, -0.05) is 0 Å². The fourth-order valence-corrected chi connectivity index (χ4v) is 4.04. The molecule has 0 radical (unpaired) electrons. The third-order valence-corrected chi connectivity index (χ3v) is 5.16. The van der Waals surface area contributed by atoms with Crippen molar-refractivity contribution in [1.29, 1.82) is 0 Å². The first kappa shape index (κ1) is 11.0. The molecule has 5 nitrogen and oxygen atoms in total. The van der Waals surface area contributed by atoms with Gasteiger partial charge in [0, 0.05) is 17.9 Å². The van der Waals surface area contributed by atoms with E-state index in [2.05, 4.69) is 9.97 Å². The van der Waals surface area contributed by atoms with Gasteiger partial charge in [0.05, 0.1) is 17.2 Å². The van der Waals surface area contributed by atoms with E-state index in [1.54, 1.807) is 0 Å². The average Bonchev–Trinajstić information content (AvgIpc) is 3.02. The summed E-state index contributed by atoms with van der Waals surface area (Å²) in [5, 5.41) is 0. The molecule has 2 heterocycles. The minimum atomic E-state index is -2.94. The summed E-state index contributed by atoms with van der Waals surface area (Å²) in [6, 6.07) is 1.53. The van der Waals surface area contributed by atoms with Crippen LogP contribution in [0, 0.1) is 0 Å². The lowest BCUT2D eigenvalue weighted by Crippen LogP contribution is -2.16. The first-order chi connectivity index (χ1) is 8.03. The van der Waals surface area contributed by atoms with Crippen LogP contribution < -0.4 is 5.56 Å². The molecular formula is C11H14N2O3S. The van der Waals surface area contributed by atoms with Gasteiger partial charge in [0.15, 0.2) is 9.84 Å². The van der Waals surface area contributed by atoms with Gasteiger partial charge in [-0.05, 0) is 19.3 Å². The van der Waals surface area contributed by atoms with Crippen molar-refractivity contribution in [2.45, 2.75) is 31.1 Å². The molecule has 1 aromatic heterocycles. The van der Waals surface area contributed by atoms with E-state index in [0.29, 0.717) is 18.2 Å².